The Kier molecular flexibility index (Phi) is 14.0. The van der Waals surface area contributed by atoms with Gasteiger partial charge >= 0.3 is 5.97 Å². The fourth-order valence-corrected chi connectivity index (χ4v) is 2.78. The van der Waals surface area contributed by atoms with Crippen LogP contribution in [-0.2, 0) is 19.2 Å². The molecule has 0 aromatic carbocycles. The summed E-state index contributed by atoms with van der Waals surface area (Å²) in [5, 5.41) is 25.0. The molecule has 0 radical (unpaired) electrons. The summed E-state index contributed by atoms with van der Waals surface area (Å²) in [5.74, 6) is -2.84. The second kappa shape index (κ2) is 15.3. The molecule has 0 bridgehead atoms. The lowest BCUT2D eigenvalue weighted by atomic mass is 10.1. The molecular formula is C17H33N7O6S. The smallest absolute Gasteiger partial charge is 0.328 e. The molecule has 0 rings (SSSR count). The Morgan fingerprint density at radius 3 is 2.13 bits per heavy atom. The van der Waals surface area contributed by atoms with Crippen molar-refractivity contribution in [2.24, 2.45) is 22.2 Å². The van der Waals surface area contributed by atoms with E-state index >= 15 is 0 Å². The number of amides is 3. The van der Waals surface area contributed by atoms with E-state index in [2.05, 4.69) is 20.9 Å². The maximum Gasteiger partial charge on any atom is 0.328 e. The van der Waals surface area contributed by atoms with Crippen molar-refractivity contribution in [2.45, 2.75) is 50.4 Å². The van der Waals surface area contributed by atoms with Crippen molar-refractivity contribution >= 4 is 41.4 Å². The first-order chi connectivity index (χ1) is 14.5. The van der Waals surface area contributed by atoms with E-state index in [1.807, 2.05) is 6.26 Å². The second-order valence-electron chi connectivity index (χ2n) is 6.71. The molecule has 0 saturated heterocycles. The lowest BCUT2D eigenvalue weighted by Gasteiger charge is -2.23. The summed E-state index contributed by atoms with van der Waals surface area (Å²) in [4.78, 5) is 51.8. The highest BCUT2D eigenvalue weighted by Gasteiger charge is 2.27. The van der Waals surface area contributed by atoms with E-state index in [1.165, 1.54) is 18.7 Å². The fraction of sp³-hybridized carbons (Fsp3) is 0.706. The molecule has 0 aromatic rings. The first-order valence-electron chi connectivity index (χ1n) is 9.58. The van der Waals surface area contributed by atoms with Gasteiger partial charge in [0.1, 0.15) is 18.1 Å². The van der Waals surface area contributed by atoms with E-state index in [0.29, 0.717) is 18.6 Å². The maximum atomic E-state index is 12.6. The van der Waals surface area contributed by atoms with Gasteiger partial charge in [-0.25, -0.2) is 4.79 Å². The van der Waals surface area contributed by atoms with Gasteiger partial charge in [-0.2, -0.15) is 11.8 Å². The van der Waals surface area contributed by atoms with Crippen molar-refractivity contribution in [2.75, 3.05) is 25.2 Å². The molecule has 0 aromatic heterocycles. The predicted octanol–water partition coefficient (Wildman–Crippen LogP) is -3.33. The molecule has 14 heteroatoms. The number of rotatable bonds is 15. The van der Waals surface area contributed by atoms with Gasteiger partial charge in [0.05, 0.1) is 12.6 Å². The summed E-state index contributed by atoms with van der Waals surface area (Å²) < 4.78 is 0. The van der Waals surface area contributed by atoms with Crippen LogP contribution in [0.15, 0.2) is 4.99 Å². The molecule has 11 N–H and O–H groups in total. The third-order valence-corrected chi connectivity index (χ3v) is 4.74. The number of carbonyl (C=O) groups is 4. The third kappa shape index (κ3) is 12.0. The minimum Gasteiger partial charge on any atom is -0.480 e. The van der Waals surface area contributed by atoms with Crippen molar-refractivity contribution < 1.29 is 29.4 Å². The fourth-order valence-electron chi connectivity index (χ4n) is 2.29. The Morgan fingerprint density at radius 2 is 1.61 bits per heavy atom. The van der Waals surface area contributed by atoms with Gasteiger partial charge in [0.15, 0.2) is 5.96 Å². The van der Waals surface area contributed by atoms with Crippen LogP contribution >= 0.6 is 11.8 Å². The van der Waals surface area contributed by atoms with Gasteiger partial charge in [0, 0.05) is 6.54 Å². The van der Waals surface area contributed by atoms with E-state index in [0.717, 1.165) is 0 Å². The van der Waals surface area contributed by atoms with Gasteiger partial charge in [-0.15, -0.1) is 0 Å². The first kappa shape index (κ1) is 28.4. The molecule has 0 fully saturated rings. The molecule has 4 atom stereocenters. The van der Waals surface area contributed by atoms with Crippen molar-refractivity contribution in [1.29, 1.82) is 0 Å². The molecular weight excluding hydrogens is 430 g/mol. The standard InChI is InChI=1S/C17H33N7O6S/c1-9(13(26)24-12(8-25)16(29)30)22-15(28)11(4-3-6-21-17(19)20)23-14(27)10(18)5-7-31-2/h9-12,25H,3-8,18H2,1-2H3,(H,22,28)(H,23,27)(H,24,26)(H,29,30)(H4,19,20,21). The van der Waals surface area contributed by atoms with E-state index in [4.69, 9.17) is 27.4 Å². The third-order valence-electron chi connectivity index (χ3n) is 4.10. The van der Waals surface area contributed by atoms with E-state index in [9.17, 15) is 19.2 Å². The van der Waals surface area contributed by atoms with Crippen LogP contribution in [0.2, 0.25) is 0 Å². The highest BCUT2D eigenvalue weighted by molar-refractivity contribution is 7.98. The Hall–Kier alpha value is -2.58. The number of carboxylic acids is 1. The van der Waals surface area contributed by atoms with Gasteiger partial charge in [0.2, 0.25) is 17.7 Å². The van der Waals surface area contributed by atoms with Gasteiger partial charge in [-0.3, -0.25) is 19.4 Å². The number of guanidine groups is 1. The number of nitrogens with one attached hydrogen (secondary N) is 3. The Morgan fingerprint density at radius 1 is 1.00 bits per heavy atom. The van der Waals surface area contributed by atoms with Crippen LogP contribution in [0, 0.1) is 0 Å². The number of carbonyl (C=O) groups excluding carboxylic acids is 3. The number of aliphatic carboxylic acids is 1. The first-order valence-corrected chi connectivity index (χ1v) is 11.0. The molecule has 0 saturated carbocycles. The van der Waals surface area contributed by atoms with Crippen molar-refractivity contribution in [3.05, 3.63) is 0 Å². The van der Waals surface area contributed by atoms with Crippen molar-refractivity contribution in [3.8, 4) is 0 Å². The summed E-state index contributed by atoms with van der Waals surface area (Å²) >= 11 is 1.53. The average molecular weight is 464 g/mol. The Bertz CT molecular complexity index is 644. The zero-order chi connectivity index (χ0) is 24.0. The number of thioether (sulfide) groups is 1. The van der Waals surface area contributed by atoms with Crippen LogP contribution in [0.25, 0.3) is 0 Å². The van der Waals surface area contributed by atoms with Crippen LogP contribution in [0.3, 0.4) is 0 Å². The largest absolute Gasteiger partial charge is 0.480 e. The quantitative estimate of drug-likeness (QED) is 0.0683. The van der Waals surface area contributed by atoms with Gasteiger partial charge < -0.3 is 43.4 Å². The molecule has 31 heavy (non-hydrogen) atoms. The minimum atomic E-state index is -1.50. The van der Waals surface area contributed by atoms with Crippen LogP contribution in [0.1, 0.15) is 26.2 Å². The Labute approximate surface area is 185 Å². The van der Waals surface area contributed by atoms with E-state index in [1.54, 1.807) is 0 Å². The number of hydrogen-bond donors (Lipinski definition) is 8. The van der Waals surface area contributed by atoms with Crippen molar-refractivity contribution in [1.82, 2.24) is 16.0 Å². The number of nitrogens with two attached hydrogens (primary N) is 3. The molecule has 13 nitrogen and oxygen atoms in total. The normalized spacial score (nSPS) is 14.5. The number of hydrogen-bond acceptors (Lipinski definition) is 8. The van der Waals surface area contributed by atoms with Crippen molar-refractivity contribution in [3.63, 3.8) is 0 Å². The van der Waals surface area contributed by atoms with Crippen LogP contribution in [0.5, 0.6) is 0 Å². The molecule has 0 aliphatic rings. The molecule has 0 aliphatic carbocycles. The number of aliphatic hydroxyl groups is 1. The molecule has 0 spiro atoms. The number of aliphatic imine (C=N–C) groups is 1. The molecule has 0 aliphatic heterocycles. The van der Waals surface area contributed by atoms with Crippen LogP contribution < -0.4 is 33.2 Å². The Balaban J connectivity index is 5.07. The maximum absolute atomic E-state index is 12.6. The lowest BCUT2D eigenvalue weighted by molar-refractivity contribution is -0.143. The molecule has 3 amide bonds. The summed E-state index contributed by atoms with van der Waals surface area (Å²) in [6.07, 6.45) is 2.84. The summed E-state index contributed by atoms with van der Waals surface area (Å²) in [5.41, 5.74) is 16.4. The number of carboxylic acid groups (broad SMARTS) is 1. The zero-order valence-electron chi connectivity index (χ0n) is 17.7. The zero-order valence-corrected chi connectivity index (χ0v) is 18.5. The summed E-state index contributed by atoms with van der Waals surface area (Å²) in [7, 11) is 0. The van der Waals surface area contributed by atoms with Crippen LogP contribution in [-0.4, -0.2) is 89.2 Å². The van der Waals surface area contributed by atoms with Gasteiger partial charge in [-0.1, -0.05) is 0 Å². The van der Waals surface area contributed by atoms with Gasteiger partial charge in [0.25, 0.3) is 0 Å². The van der Waals surface area contributed by atoms with Gasteiger partial charge in [-0.05, 0) is 38.2 Å². The minimum absolute atomic E-state index is 0.105. The second-order valence-corrected chi connectivity index (χ2v) is 7.70. The van der Waals surface area contributed by atoms with E-state index < -0.39 is 54.5 Å². The SMILES string of the molecule is CSCCC(N)C(=O)NC(CCCN=C(N)N)C(=O)NC(C)C(=O)NC(CO)C(=O)O. The van der Waals surface area contributed by atoms with Crippen LogP contribution in [0.4, 0.5) is 0 Å². The summed E-state index contributed by atoms with van der Waals surface area (Å²) in [6, 6.07) is -4.44. The highest BCUT2D eigenvalue weighted by Crippen LogP contribution is 2.03. The molecule has 178 valence electrons. The summed E-state index contributed by atoms with van der Waals surface area (Å²) in [6.45, 7) is 0.762. The highest BCUT2D eigenvalue weighted by atomic mass is 32.2. The topological polar surface area (TPSA) is 235 Å². The predicted molar refractivity (Wildman–Crippen MR) is 117 cm³/mol. The average Bonchev–Trinajstić information content (AvgIpc) is 2.71. The number of aliphatic hydroxyl groups excluding tert-OH is 1. The molecule has 4 unspecified atom stereocenters. The lowest BCUT2D eigenvalue weighted by Crippen LogP contribution is -2.56. The van der Waals surface area contributed by atoms with E-state index in [-0.39, 0.29) is 18.9 Å². The monoisotopic (exact) mass is 463 g/mol. The number of nitrogens with zero attached hydrogens (tertiary/aromatic N) is 1. The molecule has 0 heterocycles.